The van der Waals surface area contributed by atoms with Crippen LogP contribution in [0.2, 0.25) is 0 Å². The minimum Gasteiger partial charge on any atom is -0.459 e. The number of para-hydroxylation sites is 1. The van der Waals surface area contributed by atoms with E-state index in [0.717, 1.165) is 23.8 Å². The average molecular weight is 438 g/mol. The Bertz CT molecular complexity index is 1260. The molecule has 2 aliphatic heterocycles. The van der Waals surface area contributed by atoms with E-state index in [1.165, 1.54) is 0 Å². The van der Waals surface area contributed by atoms with Gasteiger partial charge in [-0.25, -0.2) is 0 Å². The molecule has 0 saturated carbocycles. The number of furan rings is 1. The lowest BCUT2D eigenvalue weighted by atomic mass is 9.96. The molecule has 5 rings (SSSR count). The second kappa shape index (κ2) is 7.53. The van der Waals surface area contributed by atoms with Crippen molar-refractivity contribution in [2.24, 2.45) is 10.3 Å². The molecular formula is C23H23N3O4S. The van der Waals surface area contributed by atoms with Gasteiger partial charge in [0.15, 0.2) is 5.84 Å². The van der Waals surface area contributed by atoms with Crippen LogP contribution in [-0.2, 0) is 14.8 Å². The molecule has 2 atom stereocenters. The average Bonchev–Trinajstić information content (AvgIpc) is 3.33. The van der Waals surface area contributed by atoms with Crippen molar-refractivity contribution in [2.45, 2.75) is 30.7 Å². The fraction of sp³-hybridized carbons (Fsp3) is 0.304. The maximum atomic E-state index is 13.0. The predicted octanol–water partition coefficient (Wildman–Crippen LogP) is 3.47. The van der Waals surface area contributed by atoms with Crippen molar-refractivity contribution in [1.29, 1.82) is 0 Å². The summed E-state index contributed by atoms with van der Waals surface area (Å²) >= 11 is 0. The zero-order valence-corrected chi connectivity index (χ0v) is 17.9. The zero-order chi connectivity index (χ0) is 21.6. The molecule has 0 aliphatic carbocycles. The lowest BCUT2D eigenvalue weighted by Crippen LogP contribution is -2.45. The van der Waals surface area contributed by atoms with E-state index in [1.807, 2.05) is 42.2 Å². The molecule has 1 aromatic heterocycles. The van der Waals surface area contributed by atoms with Gasteiger partial charge in [-0.05, 0) is 44.0 Å². The Morgan fingerprint density at radius 3 is 2.81 bits per heavy atom. The quantitative estimate of drug-likeness (QED) is 0.677. The van der Waals surface area contributed by atoms with Crippen LogP contribution in [0, 0.1) is 5.92 Å². The zero-order valence-electron chi connectivity index (χ0n) is 17.1. The summed E-state index contributed by atoms with van der Waals surface area (Å²) in [6, 6.07) is 16.3. The molecule has 1 saturated heterocycles. The van der Waals surface area contributed by atoms with Gasteiger partial charge in [-0.3, -0.25) is 4.79 Å². The molecule has 2 aliphatic rings. The first kappa shape index (κ1) is 19.8. The fourth-order valence-electron chi connectivity index (χ4n) is 4.32. The summed E-state index contributed by atoms with van der Waals surface area (Å²) in [5, 5.41) is 4.06. The molecule has 2 aromatic carbocycles. The molecule has 0 spiro atoms. The van der Waals surface area contributed by atoms with Gasteiger partial charge < -0.3 is 14.6 Å². The van der Waals surface area contributed by atoms with Crippen LogP contribution in [0.5, 0.6) is 0 Å². The summed E-state index contributed by atoms with van der Waals surface area (Å²) in [7, 11) is -3.68. The molecule has 3 heterocycles. The van der Waals surface area contributed by atoms with E-state index < -0.39 is 10.0 Å². The maximum absolute atomic E-state index is 13.0. The third-order valence-electron chi connectivity index (χ3n) is 5.93. The molecule has 31 heavy (non-hydrogen) atoms. The van der Waals surface area contributed by atoms with Gasteiger partial charge in [0.05, 0.1) is 12.0 Å². The van der Waals surface area contributed by atoms with Crippen molar-refractivity contribution in [1.82, 2.24) is 10.2 Å². The number of nitrogens with one attached hydrogen (secondary N) is 1. The van der Waals surface area contributed by atoms with Crippen LogP contribution in [-0.4, -0.2) is 38.2 Å². The van der Waals surface area contributed by atoms with Gasteiger partial charge >= 0.3 is 0 Å². The van der Waals surface area contributed by atoms with Crippen LogP contribution in [0.3, 0.4) is 0 Å². The van der Waals surface area contributed by atoms with Crippen molar-refractivity contribution < 1.29 is 17.6 Å². The monoisotopic (exact) mass is 437 g/mol. The highest BCUT2D eigenvalue weighted by Gasteiger charge is 2.35. The first-order chi connectivity index (χ1) is 14.9. The lowest BCUT2D eigenvalue weighted by Gasteiger charge is -2.33. The Morgan fingerprint density at radius 2 is 1.97 bits per heavy atom. The van der Waals surface area contributed by atoms with E-state index in [0.29, 0.717) is 30.2 Å². The molecule has 1 N–H and O–H groups in total. The second-order valence-electron chi connectivity index (χ2n) is 8.09. The Hall–Kier alpha value is -3.13. The Kier molecular flexibility index (Phi) is 4.81. The first-order valence-corrected chi connectivity index (χ1v) is 11.8. The van der Waals surface area contributed by atoms with Gasteiger partial charge in [-0.15, -0.1) is 4.40 Å². The number of hydrogen-bond acceptors (Lipinski definition) is 5. The summed E-state index contributed by atoms with van der Waals surface area (Å²) in [4.78, 5) is 15.1. The van der Waals surface area contributed by atoms with Crippen LogP contribution < -0.4 is 5.32 Å². The van der Waals surface area contributed by atoms with Crippen molar-refractivity contribution in [3.8, 4) is 0 Å². The summed E-state index contributed by atoms with van der Waals surface area (Å²) in [6.07, 6.45) is 1.54. The van der Waals surface area contributed by atoms with E-state index in [2.05, 4.69) is 9.71 Å². The first-order valence-electron chi connectivity index (χ1n) is 10.4. The largest absolute Gasteiger partial charge is 0.459 e. The Morgan fingerprint density at radius 1 is 1.19 bits per heavy atom. The van der Waals surface area contributed by atoms with Crippen LogP contribution in [0.4, 0.5) is 0 Å². The van der Waals surface area contributed by atoms with Crippen molar-refractivity contribution >= 4 is 32.7 Å². The number of carbonyl (C=O) groups is 1. The number of piperidine rings is 1. The Labute approximate surface area is 180 Å². The van der Waals surface area contributed by atoms with E-state index in [-0.39, 0.29) is 22.8 Å². The number of likely N-dealkylation sites (tertiary alicyclic amines) is 1. The number of fused-ring (bicyclic) bond motifs is 2. The molecule has 0 bridgehead atoms. The van der Waals surface area contributed by atoms with Crippen molar-refractivity contribution in [3.05, 3.63) is 65.9 Å². The predicted molar refractivity (Wildman–Crippen MR) is 117 cm³/mol. The third-order valence-corrected chi connectivity index (χ3v) is 7.26. The molecule has 1 amide bonds. The minimum atomic E-state index is -3.68. The lowest BCUT2D eigenvalue weighted by molar-refractivity contribution is -0.127. The van der Waals surface area contributed by atoms with Gasteiger partial charge in [-0.1, -0.05) is 30.3 Å². The molecule has 1 fully saturated rings. The van der Waals surface area contributed by atoms with E-state index >= 15 is 0 Å². The summed E-state index contributed by atoms with van der Waals surface area (Å²) < 4.78 is 34.7. The van der Waals surface area contributed by atoms with Gasteiger partial charge in [0.2, 0.25) is 5.91 Å². The highest BCUT2D eigenvalue weighted by Crippen LogP contribution is 2.30. The summed E-state index contributed by atoms with van der Waals surface area (Å²) in [6.45, 7) is 3.01. The van der Waals surface area contributed by atoms with E-state index in [1.54, 1.807) is 24.3 Å². The van der Waals surface area contributed by atoms with Gasteiger partial charge in [0, 0.05) is 24.0 Å². The van der Waals surface area contributed by atoms with Gasteiger partial charge in [0.1, 0.15) is 16.2 Å². The number of carbonyl (C=O) groups excluding carboxylic acids is 1. The minimum absolute atomic E-state index is 0.0626. The number of nitrogens with zero attached hydrogens (tertiary/aromatic N) is 2. The van der Waals surface area contributed by atoms with Gasteiger partial charge in [0.25, 0.3) is 10.0 Å². The second-order valence-corrected chi connectivity index (χ2v) is 9.66. The normalized spacial score (nSPS) is 20.9. The van der Waals surface area contributed by atoms with Crippen LogP contribution in [0.1, 0.15) is 37.1 Å². The molecule has 160 valence electrons. The topological polar surface area (TPSA) is 92.0 Å². The summed E-state index contributed by atoms with van der Waals surface area (Å²) in [5.74, 6) is 0.840. The highest BCUT2D eigenvalue weighted by atomic mass is 32.2. The third kappa shape index (κ3) is 3.61. The summed E-state index contributed by atoms with van der Waals surface area (Å²) in [5.41, 5.74) is 1.40. The van der Waals surface area contributed by atoms with E-state index in [4.69, 9.17) is 4.42 Å². The number of hydrogen-bond donors (Lipinski definition) is 1. The van der Waals surface area contributed by atoms with Crippen LogP contribution in [0.15, 0.2) is 68.3 Å². The number of sulfonamides is 1. The van der Waals surface area contributed by atoms with Crippen LogP contribution >= 0.6 is 0 Å². The molecular weight excluding hydrogens is 414 g/mol. The number of amidine groups is 1. The molecule has 3 aromatic rings. The molecule has 0 radical (unpaired) electrons. The fourth-order valence-corrected chi connectivity index (χ4v) is 5.55. The molecule has 0 unspecified atom stereocenters. The van der Waals surface area contributed by atoms with E-state index in [9.17, 15) is 13.2 Å². The Balaban J connectivity index is 1.31. The highest BCUT2D eigenvalue weighted by molar-refractivity contribution is 7.90. The number of benzene rings is 2. The standard InChI is InChI=1S/C23H23N3O4S/c1-15(20-13-16-7-2-4-10-19(16)30-20)24-23(27)17-8-6-12-26(14-17)22-18-9-3-5-11-21(18)31(28,29)25-22/h2-5,7,9-11,13,15,17H,6,8,12,14H2,1H3,(H,24,27)/t15-,17-/m1/s1. The molecule has 7 nitrogen and oxygen atoms in total. The smallest absolute Gasteiger partial charge is 0.285 e. The SMILES string of the molecule is C[C@@H](NC(=O)[C@@H]1CCCN(C2=NS(=O)(=O)c3ccccc32)C1)c1cc2ccccc2o1. The maximum Gasteiger partial charge on any atom is 0.285 e. The van der Waals surface area contributed by atoms with Crippen molar-refractivity contribution in [2.75, 3.05) is 13.1 Å². The van der Waals surface area contributed by atoms with Gasteiger partial charge in [-0.2, -0.15) is 8.42 Å². The van der Waals surface area contributed by atoms with Crippen molar-refractivity contribution in [3.63, 3.8) is 0 Å². The molecule has 8 heteroatoms. The number of rotatable bonds is 3. The van der Waals surface area contributed by atoms with Crippen LogP contribution in [0.25, 0.3) is 11.0 Å². The number of amides is 1.